The van der Waals surface area contributed by atoms with Crippen LogP contribution in [0.2, 0.25) is 0 Å². The molecular weight excluding hydrogens is 356 g/mol. The minimum absolute atomic E-state index is 0.165. The summed E-state index contributed by atoms with van der Waals surface area (Å²) >= 11 is 1.65. The highest BCUT2D eigenvalue weighted by Crippen LogP contribution is 2.25. The zero-order chi connectivity index (χ0) is 19.0. The lowest BCUT2D eigenvalue weighted by molar-refractivity contribution is 0.102. The van der Waals surface area contributed by atoms with Crippen molar-refractivity contribution in [2.75, 3.05) is 5.32 Å². The number of carbonyl (C=O) groups is 1. The molecule has 5 nitrogen and oxygen atoms in total. The molecule has 1 aromatic carbocycles. The third kappa shape index (κ3) is 3.36. The van der Waals surface area contributed by atoms with Crippen molar-refractivity contribution in [2.24, 2.45) is 0 Å². The van der Waals surface area contributed by atoms with Gasteiger partial charge < -0.3 is 5.32 Å². The number of hydrogen-bond acceptors (Lipinski definition) is 4. The lowest BCUT2D eigenvalue weighted by Crippen LogP contribution is -2.14. The molecule has 1 amide bonds. The van der Waals surface area contributed by atoms with Crippen molar-refractivity contribution in [3.8, 4) is 11.1 Å². The SMILES string of the molecule is Cc1nc2c(cnn2C(C)C)cc1C(=O)Nc1cccc(-c2ccsc2)c1. The molecule has 1 N–H and O–H groups in total. The number of fused-ring (bicyclic) bond motifs is 1. The van der Waals surface area contributed by atoms with E-state index in [1.165, 1.54) is 0 Å². The quantitative estimate of drug-likeness (QED) is 0.526. The number of rotatable bonds is 4. The molecule has 0 saturated carbocycles. The van der Waals surface area contributed by atoms with Gasteiger partial charge in [-0.3, -0.25) is 4.79 Å². The number of anilines is 1. The number of nitrogens with one attached hydrogen (secondary N) is 1. The van der Waals surface area contributed by atoms with E-state index in [4.69, 9.17) is 0 Å². The molecule has 0 aliphatic rings. The maximum Gasteiger partial charge on any atom is 0.257 e. The smallest absolute Gasteiger partial charge is 0.257 e. The molecule has 0 radical (unpaired) electrons. The molecule has 3 aromatic heterocycles. The van der Waals surface area contributed by atoms with E-state index in [0.717, 1.165) is 27.8 Å². The second kappa shape index (κ2) is 6.96. The minimum atomic E-state index is -0.165. The number of amides is 1. The van der Waals surface area contributed by atoms with Gasteiger partial charge in [-0.15, -0.1) is 0 Å². The Bertz CT molecular complexity index is 1110. The van der Waals surface area contributed by atoms with E-state index >= 15 is 0 Å². The Balaban J connectivity index is 1.64. The van der Waals surface area contributed by atoms with E-state index in [2.05, 4.69) is 40.7 Å². The van der Waals surface area contributed by atoms with E-state index in [0.29, 0.717) is 11.3 Å². The van der Waals surface area contributed by atoms with Gasteiger partial charge in [-0.1, -0.05) is 12.1 Å². The van der Waals surface area contributed by atoms with Crippen LogP contribution < -0.4 is 5.32 Å². The van der Waals surface area contributed by atoms with Crippen LogP contribution in [0.3, 0.4) is 0 Å². The summed E-state index contributed by atoms with van der Waals surface area (Å²) in [6.07, 6.45) is 1.76. The average molecular weight is 376 g/mol. The third-order valence-electron chi connectivity index (χ3n) is 4.47. The van der Waals surface area contributed by atoms with Crippen LogP contribution in [-0.2, 0) is 0 Å². The zero-order valence-electron chi connectivity index (χ0n) is 15.4. The topological polar surface area (TPSA) is 59.8 Å². The van der Waals surface area contributed by atoms with Crippen molar-refractivity contribution in [1.29, 1.82) is 0 Å². The number of aromatic nitrogens is 3. The molecule has 0 aliphatic heterocycles. The number of carbonyl (C=O) groups excluding carboxylic acids is 1. The van der Waals surface area contributed by atoms with Crippen LogP contribution >= 0.6 is 11.3 Å². The predicted octanol–water partition coefficient (Wildman–Crippen LogP) is 5.30. The van der Waals surface area contributed by atoms with Gasteiger partial charge in [-0.05, 0) is 66.9 Å². The van der Waals surface area contributed by atoms with Crippen LogP contribution in [0.25, 0.3) is 22.2 Å². The highest BCUT2D eigenvalue weighted by Gasteiger charge is 2.15. The van der Waals surface area contributed by atoms with Gasteiger partial charge in [-0.2, -0.15) is 16.4 Å². The average Bonchev–Trinajstić information content (AvgIpc) is 3.31. The summed E-state index contributed by atoms with van der Waals surface area (Å²) in [5.41, 5.74) is 5.05. The monoisotopic (exact) mass is 376 g/mol. The predicted molar refractivity (Wildman–Crippen MR) is 110 cm³/mol. The molecule has 0 unspecified atom stereocenters. The van der Waals surface area contributed by atoms with Crippen molar-refractivity contribution in [3.05, 3.63) is 64.6 Å². The largest absolute Gasteiger partial charge is 0.322 e. The summed E-state index contributed by atoms with van der Waals surface area (Å²) < 4.78 is 1.87. The highest BCUT2D eigenvalue weighted by atomic mass is 32.1. The molecule has 27 heavy (non-hydrogen) atoms. The second-order valence-corrected chi connectivity index (χ2v) is 7.54. The summed E-state index contributed by atoms with van der Waals surface area (Å²) in [5.74, 6) is -0.165. The van der Waals surface area contributed by atoms with Gasteiger partial charge in [0.2, 0.25) is 0 Å². The molecule has 0 bridgehead atoms. The molecule has 136 valence electrons. The molecule has 0 spiro atoms. The molecule has 6 heteroatoms. The van der Waals surface area contributed by atoms with Gasteiger partial charge in [0.05, 0.1) is 17.5 Å². The summed E-state index contributed by atoms with van der Waals surface area (Å²) in [5, 5.41) is 12.4. The summed E-state index contributed by atoms with van der Waals surface area (Å²) in [4.78, 5) is 17.5. The van der Waals surface area contributed by atoms with Crippen LogP contribution in [0, 0.1) is 6.92 Å². The molecule has 0 saturated heterocycles. The third-order valence-corrected chi connectivity index (χ3v) is 5.15. The number of benzene rings is 1. The highest BCUT2D eigenvalue weighted by molar-refractivity contribution is 7.08. The van der Waals surface area contributed by atoms with Crippen LogP contribution in [0.5, 0.6) is 0 Å². The fourth-order valence-corrected chi connectivity index (χ4v) is 3.74. The summed E-state index contributed by atoms with van der Waals surface area (Å²) in [7, 11) is 0. The first-order chi connectivity index (χ1) is 13.0. The fourth-order valence-electron chi connectivity index (χ4n) is 3.08. The van der Waals surface area contributed by atoms with Gasteiger partial charge in [0.15, 0.2) is 5.65 Å². The number of pyridine rings is 1. The normalized spacial score (nSPS) is 11.3. The molecule has 0 aliphatic carbocycles. The Morgan fingerprint density at radius 2 is 2.04 bits per heavy atom. The van der Waals surface area contributed by atoms with E-state index in [9.17, 15) is 4.79 Å². The molecule has 0 fully saturated rings. The zero-order valence-corrected chi connectivity index (χ0v) is 16.2. The molecular formula is C21H20N4OS. The first kappa shape index (κ1) is 17.4. The first-order valence-electron chi connectivity index (χ1n) is 8.82. The van der Waals surface area contributed by atoms with Crippen LogP contribution in [0.15, 0.2) is 53.4 Å². The number of hydrogen-bond donors (Lipinski definition) is 1. The number of thiophene rings is 1. The van der Waals surface area contributed by atoms with Crippen molar-refractivity contribution >= 4 is 34.0 Å². The summed E-state index contributed by atoms with van der Waals surface area (Å²) in [6, 6.07) is 12.0. The van der Waals surface area contributed by atoms with Crippen LogP contribution in [0.4, 0.5) is 5.69 Å². The maximum atomic E-state index is 12.8. The Morgan fingerprint density at radius 1 is 1.19 bits per heavy atom. The molecule has 3 heterocycles. The van der Waals surface area contributed by atoms with E-state index in [-0.39, 0.29) is 11.9 Å². The van der Waals surface area contributed by atoms with Crippen molar-refractivity contribution in [1.82, 2.24) is 14.8 Å². The van der Waals surface area contributed by atoms with Gasteiger partial charge in [0.25, 0.3) is 5.91 Å². The number of nitrogens with zero attached hydrogens (tertiary/aromatic N) is 3. The van der Waals surface area contributed by atoms with E-state index < -0.39 is 0 Å². The summed E-state index contributed by atoms with van der Waals surface area (Å²) in [6.45, 7) is 5.98. The van der Waals surface area contributed by atoms with Crippen LogP contribution in [0.1, 0.15) is 35.9 Å². The standard InChI is InChI=1S/C21H20N4OS/c1-13(2)25-20-17(11-22-25)10-19(14(3)23-20)21(26)24-18-6-4-5-15(9-18)16-7-8-27-12-16/h4-13H,1-3H3,(H,24,26). The van der Waals surface area contributed by atoms with Crippen molar-refractivity contribution in [3.63, 3.8) is 0 Å². The van der Waals surface area contributed by atoms with E-state index in [1.807, 2.05) is 47.3 Å². The first-order valence-corrected chi connectivity index (χ1v) is 9.76. The lowest BCUT2D eigenvalue weighted by Gasteiger charge is -2.10. The van der Waals surface area contributed by atoms with Crippen molar-refractivity contribution < 1.29 is 4.79 Å². The van der Waals surface area contributed by atoms with Crippen molar-refractivity contribution in [2.45, 2.75) is 26.8 Å². The van der Waals surface area contributed by atoms with E-state index in [1.54, 1.807) is 17.5 Å². The molecule has 0 atom stereocenters. The minimum Gasteiger partial charge on any atom is -0.322 e. The Morgan fingerprint density at radius 3 is 2.78 bits per heavy atom. The molecule has 4 aromatic rings. The fraction of sp³-hybridized carbons (Fsp3) is 0.190. The van der Waals surface area contributed by atoms with Gasteiger partial charge in [-0.25, -0.2) is 9.67 Å². The maximum absolute atomic E-state index is 12.8. The van der Waals surface area contributed by atoms with Gasteiger partial charge in [0, 0.05) is 17.1 Å². The van der Waals surface area contributed by atoms with Gasteiger partial charge in [0.1, 0.15) is 0 Å². The van der Waals surface area contributed by atoms with Crippen LogP contribution in [-0.4, -0.2) is 20.7 Å². The second-order valence-electron chi connectivity index (χ2n) is 6.76. The lowest BCUT2D eigenvalue weighted by atomic mass is 10.1. The Kier molecular flexibility index (Phi) is 4.49. The molecule has 4 rings (SSSR count). The van der Waals surface area contributed by atoms with Gasteiger partial charge >= 0.3 is 0 Å². The Hall–Kier alpha value is -2.99. The Labute approximate surface area is 161 Å². The number of aryl methyl sites for hydroxylation is 1.